The van der Waals surface area contributed by atoms with Gasteiger partial charge in [-0.3, -0.25) is 9.48 Å². The predicted octanol–water partition coefficient (Wildman–Crippen LogP) is 2.15. The topological polar surface area (TPSA) is 72.6 Å². The number of nitrogens with zero attached hydrogens (tertiary/aromatic N) is 5. The minimum atomic E-state index is -0.299. The molecule has 8 nitrogen and oxygen atoms in total. The van der Waals surface area contributed by atoms with Gasteiger partial charge >= 0.3 is 6.09 Å². The van der Waals surface area contributed by atoms with Crippen molar-refractivity contribution in [2.45, 2.75) is 20.3 Å². The lowest BCUT2D eigenvalue weighted by Gasteiger charge is -2.22. The van der Waals surface area contributed by atoms with Crippen LogP contribution in [0, 0.1) is 5.92 Å². The number of hydrogen-bond donors (Lipinski definition) is 0. The second kappa shape index (κ2) is 8.28. The number of aryl methyl sites for hydroxylation is 1. The third-order valence-electron chi connectivity index (χ3n) is 4.57. The van der Waals surface area contributed by atoms with Gasteiger partial charge in [-0.15, -0.1) is 0 Å². The highest BCUT2D eigenvalue weighted by Crippen LogP contribution is 2.17. The fourth-order valence-corrected chi connectivity index (χ4v) is 3.17. The lowest BCUT2D eigenvalue weighted by Crippen LogP contribution is -2.38. The highest BCUT2D eigenvalue weighted by atomic mass is 16.6. The molecule has 2 aromatic heterocycles. The molecule has 1 aliphatic heterocycles. The van der Waals surface area contributed by atoms with Crippen LogP contribution in [0.3, 0.4) is 0 Å². The first-order valence-electron chi connectivity index (χ1n) is 9.33. The smallest absolute Gasteiger partial charge is 0.409 e. The zero-order chi connectivity index (χ0) is 19.4. The van der Waals surface area contributed by atoms with Crippen LogP contribution in [0.1, 0.15) is 30.6 Å². The standard InChI is InChI=1S/C19H27N5O3/c1-15(2)14-27-19(26)24-10-6-9-23(11-12-24)18(25)16-13-20-21(3)17(16)22-7-4-5-8-22/h4-5,7-8,13,15H,6,9-12,14H2,1-3H3. The maximum Gasteiger partial charge on any atom is 0.409 e. The molecule has 1 fully saturated rings. The van der Waals surface area contributed by atoms with Crippen molar-refractivity contribution in [3.05, 3.63) is 36.3 Å². The van der Waals surface area contributed by atoms with Gasteiger partial charge < -0.3 is 19.1 Å². The molecule has 0 saturated carbocycles. The van der Waals surface area contributed by atoms with Gasteiger partial charge in [0.2, 0.25) is 0 Å². The molecule has 0 radical (unpaired) electrons. The van der Waals surface area contributed by atoms with Crippen LogP contribution in [-0.4, -0.2) is 68.9 Å². The van der Waals surface area contributed by atoms with Crippen LogP contribution in [0.25, 0.3) is 5.82 Å². The molecule has 3 rings (SSSR count). The Hall–Kier alpha value is -2.77. The van der Waals surface area contributed by atoms with Crippen molar-refractivity contribution in [2.75, 3.05) is 32.8 Å². The Morgan fingerprint density at radius 2 is 1.78 bits per heavy atom. The van der Waals surface area contributed by atoms with Crippen LogP contribution < -0.4 is 0 Å². The summed E-state index contributed by atoms with van der Waals surface area (Å²) in [6, 6.07) is 3.82. The maximum atomic E-state index is 13.1. The van der Waals surface area contributed by atoms with E-state index in [0.717, 1.165) is 12.2 Å². The van der Waals surface area contributed by atoms with Crippen LogP contribution in [0.5, 0.6) is 0 Å². The van der Waals surface area contributed by atoms with E-state index in [2.05, 4.69) is 5.10 Å². The van der Waals surface area contributed by atoms with Gasteiger partial charge in [-0.1, -0.05) is 13.8 Å². The molecule has 0 N–H and O–H groups in total. The summed E-state index contributed by atoms with van der Waals surface area (Å²) in [5.41, 5.74) is 0.560. The summed E-state index contributed by atoms with van der Waals surface area (Å²) in [4.78, 5) is 28.8. The number of amides is 2. The van der Waals surface area contributed by atoms with Crippen LogP contribution in [0.15, 0.2) is 30.7 Å². The molecule has 0 aliphatic carbocycles. The molecule has 146 valence electrons. The monoisotopic (exact) mass is 373 g/mol. The number of hydrogen-bond acceptors (Lipinski definition) is 4. The van der Waals surface area contributed by atoms with Crippen molar-refractivity contribution in [1.82, 2.24) is 24.1 Å². The van der Waals surface area contributed by atoms with Crippen molar-refractivity contribution in [1.29, 1.82) is 0 Å². The number of rotatable bonds is 4. The second-order valence-electron chi connectivity index (χ2n) is 7.20. The van der Waals surface area contributed by atoms with E-state index in [9.17, 15) is 9.59 Å². The average Bonchev–Trinajstić information content (AvgIpc) is 3.22. The van der Waals surface area contributed by atoms with E-state index >= 15 is 0 Å². The van der Waals surface area contributed by atoms with Crippen LogP contribution in [0.4, 0.5) is 4.79 Å². The number of ether oxygens (including phenoxy) is 1. The lowest BCUT2D eigenvalue weighted by atomic mass is 10.2. The van der Waals surface area contributed by atoms with Crippen molar-refractivity contribution >= 4 is 12.0 Å². The average molecular weight is 373 g/mol. The first-order valence-corrected chi connectivity index (χ1v) is 9.33. The Morgan fingerprint density at radius 1 is 1.11 bits per heavy atom. The Bertz CT molecular complexity index is 781. The lowest BCUT2D eigenvalue weighted by molar-refractivity contribution is 0.0746. The summed E-state index contributed by atoms with van der Waals surface area (Å²) in [7, 11) is 1.82. The summed E-state index contributed by atoms with van der Waals surface area (Å²) < 4.78 is 8.89. The largest absolute Gasteiger partial charge is 0.449 e. The molecule has 2 aromatic rings. The second-order valence-corrected chi connectivity index (χ2v) is 7.20. The minimum Gasteiger partial charge on any atom is -0.449 e. The molecule has 27 heavy (non-hydrogen) atoms. The Labute approximate surface area is 159 Å². The molecule has 8 heteroatoms. The molecule has 0 spiro atoms. The zero-order valence-corrected chi connectivity index (χ0v) is 16.2. The van der Waals surface area contributed by atoms with Gasteiger partial charge in [0.1, 0.15) is 11.4 Å². The van der Waals surface area contributed by atoms with Crippen LogP contribution in [-0.2, 0) is 11.8 Å². The molecule has 3 heterocycles. The van der Waals surface area contributed by atoms with E-state index in [1.165, 1.54) is 0 Å². The number of aromatic nitrogens is 3. The number of carbonyl (C=O) groups excluding carboxylic acids is 2. The summed E-state index contributed by atoms with van der Waals surface area (Å²) in [6.07, 6.45) is 5.82. The van der Waals surface area contributed by atoms with Gasteiger partial charge in [0, 0.05) is 45.6 Å². The van der Waals surface area contributed by atoms with Crippen molar-refractivity contribution < 1.29 is 14.3 Å². The van der Waals surface area contributed by atoms with E-state index < -0.39 is 0 Å². The minimum absolute atomic E-state index is 0.0656. The van der Waals surface area contributed by atoms with Crippen LogP contribution in [0.2, 0.25) is 0 Å². The third kappa shape index (κ3) is 4.32. The Morgan fingerprint density at radius 3 is 2.48 bits per heavy atom. The normalized spacial score (nSPS) is 15.1. The summed E-state index contributed by atoms with van der Waals surface area (Å²) in [6.45, 7) is 6.58. The number of carbonyl (C=O) groups is 2. The molecule has 0 unspecified atom stereocenters. The van der Waals surface area contributed by atoms with E-state index in [4.69, 9.17) is 4.74 Å². The first kappa shape index (κ1) is 19.0. The molecular formula is C19H27N5O3. The highest BCUT2D eigenvalue weighted by molar-refractivity contribution is 5.97. The molecule has 1 aliphatic rings. The summed E-state index contributed by atoms with van der Waals surface area (Å²) in [5.74, 6) is 0.975. The van der Waals surface area contributed by atoms with E-state index in [1.54, 1.807) is 20.7 Å². The molecular weight excluding hydrogens is 346 g/mol. The van der Waals surface area contributed by atoms with Crippen LogP contribution >= 0.6 is 0 Å². The Kier molecular flexibility index (Phi) is 5.83. The van der Waals surface area contributed by atoms with Crippen molar-refractivity contribution in [2.24, 2.45) is 13.0 Å². The molecule has 0 atom stereocenters. The molecule has 2 amide bonds. The fourth-order valence-electron chi connectivity index (χ4n) is 3.17. The summed E-state index contributed by atoms with van der Waals surface area (Å²) >= 11 is 0. The van der Waals surface area contributed by atoms with E-state index in [1.807, 2.05) is 50.0 Å². The van der Waals surface area contributed by atoms with Gasteiger partial charge in [0.15, 0.2) is 0 Å². The van der Waals surface area contributed by atoms with Crippen molar-refractivity contribution in [3.8, 4) is 5.82 Å². The highest BCUT2D eigenvalue weighted by Gasteiger charge is 2.26. The zero-order valence-electron chi connectivity index (χ0n) is 16.2. The van der Waals surface area contributed by atoms with Gasteiger partial charge in [-0.25, -0.2) is 4.79 Å². The van der Waals surface area contributed by atoms with Gasteiger partial charge in [0.05, 0.1) is 12.8 Å². The van der Waals surface area contributed by atoms with Gasteiger partial charge in [-0.2, -0.15) is 5.10 Å². The molecule has 0 aromatic carbocycles. The summed E-state index contributed by atoms with van der Waals surface area (Å²) in [5, 5.41) is 4.26. The fraction of sp³-hybridized carbons (Fsp3) is 0.526. The predicted molar refractivity (Wildman–Crippen MR) is 101 cm³/mol. The van der Waals surface area contributed by atoms with Crippen molar-refractivity contribution in [3.63, 3.8) is 0 Å². The first-order chi connectivity index (χ1) is 13.0. The molecule has 0 bridgehead atoms. The van der Waals surface area contributed by atoms with E-state index in [0.29, 0.717) is 44.3 Å². The SMILES string of the molecule is CC(C)COC(=O)N1CCCN(C(=O)c2cnn(C)c2-n2cccc2)CC1. The van der Waals surface area contributed by atoms with Gasteiger partial charge in [0.25, 0.3) is 5.91 Å². The molecule has 1 saturated heterocycles. The quantitative estimate of drug-likeness (QED) is 0.823. The maximum absolute atomic E-state index is 13.1. The van der Waals surface area contributed by atoms with E-state index in [-0.39, 0.29) is 12.0 Å². The Balaban J connectivity index is 1.68. The third-order valence-corrected chi connectivity index (χ3v) is 4.57. The van der Waals surface area contributed by atoms with Gasteiger partial charge in [-0.05, 0) is 24.5 Å².